The van der Waals surface area contributed by atoms with E-state index < -0.39 is 0 Å². The molecule has 0 unspecified atom stereocenters. The van der Waals surface area contributed by atoms with E-state index in [1.54, 1.807) is 0 Å². The predicted molar refractivity (Wildman–Crippen MR) is 114 cm³/mol. The van der Waals surface area contributed by atoms with Gasteiger partial charge >= 0.3 is 0 Å². The van der Waals surface area contributed by atoms with Crippen molar-refractivity contribution >= 4 is 40.4 Å². The summed E-state index contributed by atoms with van der Waals surface area (Å²) in [5.74, 6) is 0. The number of benzene rings is 3. The smallest absolute Gasteiger partial charge is 0.183 e. The second kappa shape index (κ2) is 6.34. The normalized spacial score (nSPS) is 11.3. The quantitative estimate of drug-likeness (QED) is 0.349. The second-order valence-corrected chi connectivity index (χ2v) is 7.14. The molecule has 5 rings (SSSR count). The molecule has 27 heavy (non-hydrogen) atoms. The first-order valence-electron chi connectivity index (χ1n) is 8.57. The molecule has 3 aromatic carbocycles. The van der Waals surface area contributed by atoms with Crippen LogP contribution in [0.3, 0.4) is 0 Å². The fraction of sp³-hybridized carbons (Fsp3) is 0. The van der Waals surface area contributed by atoms with Crippen LogP contribution in [0.5, 0.6) is 0 Å². The molecule has 0 aliphatic carbocycles. The molecular weight excluding hydrogens is 374 g/mol. The lowest BCUT2D eigenvalue weighted by atomic mass is 10.1. The molecule has 0 spiro atoms. The van der Waals surface area contributed by atoms with Gasteiger partial charge in [0.25, 0.3) is 0 Å². The Kier molecular flexibility index (Phi) is 3.81. The molecule has 5 aromatic rings. The van der Waals surface area contributed by atoms with Crippen molar-refractivity contribution in [2.24, 2.45) is 0 Å². The lowest BCUT2D eigenvalue weighted by Crippen LogP contribution is -1.95. The minimum absolute atomic E-state index is 0.605. The van der Waals surface area contributed by atoms with Crippen LogP contribution in [-0.2, 0) is 0 Å². The summed E-state index contributed by atoms with van der Waals surface area (Å²) >= 11 is 12.0. The van der Waals surface area contributed by atoms with Crippen molar-refractivity contribution in [3.8, 4) is 22.5 Å². The van der Waals surface area contributed by atoms with Gasteiger partial charge in [-0.1, -0.05) is 72.3 Å². The number of fused-ring (bicyclic) bond motifs is 3. The highest BCUT2D eigenvalue weighted by atomic mass is 35.5. The summed E-state index contributed by atoms with van der Waals surface area (Å²) in [5, 5.41) is 1.61. The first-order chi connectivity index (χ1) is 13.2. The van der Waals surface area contributed by atoms with Crippen molar-refractivity contribution < 1.29 is 0 Å². The molecule has 0 saturated carbocycles. The third-order valence-electron chi connectivity index (χ3n) is 4.64. The summed E-state index contributed by atoms with van der Waals surface area (Å²) in [6.45, 7) is 0. The Morgan fingerprint density at radius 3 is 2.22 bits per heavy atom. The molecule has 0 radical (unpaired) electrons. The van der Waals surface area contributed by atoms with E-state index in [0.29, 0.717) is 9.79 Å². The number of H-pyrrole nitrogens is 1. The molecule has 3 nitrogen and oxygen atoms in total. The summed E-state index contributed by atoms with van der Waals surface area (Å²) in [7, 11) is 0. The maximum Gasteiger partial charge on any atom is 0.183 e. The number of nitrogens with zero attached hydrogens (tertiary/aromatic N) is 2. The topological polar surface area (TPSA) is 33.1 Å². The third kappa shape index (κ3) is 2.65. The van der Waals surface area contributed by atoms with Gasteiger partial charge in [-0.05, 0) is 30.4 Å². The highest BCUT2D eigenvalue weighted by molar-refractivity contribution is 7.71. The van der Waals surface area contributed by atoms with Crippen LogP contribution in [0.1, 0.15) is 0 Å². The van der Waals surface area contributed by atoms with E-state index >= 15 is 0 Å². The van der Waals surface area contributed by atoms with Crippen molar-refractivity contribution in [1.29, 1.82) is 0 Å². The lowest BCUT2D eigenvalue weighted by Gasteiger charge is -2.07. The Morgan fingerprint density at radius 1 is 0.852 bits per heavy atom. The third-order valence-corrected chi connectivity index (χ3v) is 5.16. The monoisotopic (exact) mass is 387 g/mol. The average molecular weight is 388 g/mol. The van der Waals surface area contributed by atoms with Crippen LogP contribution in [0, 0.1) is 4.77 Å². The summed E-state index contributed by atoms with van der Waals surface area (Å²) in [6, 6.07) is 26.1. The summed E-state index contributed by atoms with van der Waals surface area (Å²) in [6.07, 6.45) is 0. The molecule has 0 aliphatic rings. The van der Waals surface area contributed by atoms with Crippen molar-refractivity contribution in [3.05, 3.63) is 88.7 Å². The SMILES string of the molecule is S=c1[nH]c2ccc(Cl)cc2c2nc(-c3ccccc3)c(-c3ccccc3)n12. The van der Waals surface area contributed by atoms with Crippen LogP contribution < -0.4 is 0 Å². The highest BCUT2D eigenvalue weighted by Gasteiger charge is 2.18. The molecular formula is C22H14ClN3S. The van der Waals surface area contributed by atoms with Gasteiger partial charge < -0.3 is 4.98 Å². The zero-order chi connectivity index (χ0) is 18.4. The molecule has 2 aromatic heterocycles. The zero-order valence-electron chi connectivity index (χ0n) is 14.2. The Labute approximate surface area is 165 Å². The van der Waals surface area contributed by atoms with Gasteiger partial charge in [0.2, 0.25) is 0 Å². The molecule has 0 atom stereocenters. The number of halogens is 1. The van der Waals surface area contributed by atoms with Gasteiger partial charge in [-0.15, -0.1) is 0 Å². The molecule has 2 heterocycles. The van der Waals surface area contributed by atoms with Gasteiger partial charge in [0.1, 0.15) is 5.65 Å². The maximum atomic E-state index is 6.26. The molecule has 0 amide bonds. The van der Waals surface area contributed by atoms with Crippen LogP contribution in [0.25, 0.3) is 39.1 Å². The zero-order valence-corrected chi connectivity index (χ0v) is 15.8. The number of hydrogen-bond donors (Lipinski definition) is 1. The van der Waals surface area contributed by atoms with Crippen LogP contribution in [-0.4, -0.2) is 14.4 Å². The Balaban J connectivity index is 1.99. The van der Waals surface area contributed by atoms with E-state index in [0.717, 1.165) is 39.1 Å². The van der Waals surface area contributed by atoms with E-state index in [9.17, 15) is 0 Å². The van der Waals surface area contributed by atoms with Gasteiger partial charge in [0.15, 0.2) is 4.77 Å². The molecule has 130 valence electrons. The Bertz CT molecular complexity index is 1340. The van der Waals surface area contributed by atoms with E-state index in [1.165, 1.54) is 0 Å². The first-order valence-corrected chi connectivity index (χ1v) is 9.36. The van der Waals surface area contributed by atoms with E-state index in [4.69, 9.17) is 28.8 Å². The van der Waals surface area contributed by atoms with Gasteiger partial charge in [0, 0.05) is 21.5 Å². The Hall–Kier alpha value is -2.95. The summed E-state index contributed by atoms with van der Waals surface area (Å²) in [5.41, 5.74) is 5.69. The van der Waals surface area contributed by atoms with Crippen molar-refractivity contribution in [2.45, 2.75) is 0 Å². The molecule has 5 heteroatoms. The fourth-order valence-corrected chi connectivity index (χ4v) is 3.90. The molecule has 0 aliphatic heterocycles. The molecule has 0 bridgehead atoms. The number of aromatic amines is 1. The van der Waals surface area contributed by atoms with E-state index in [-0.39, 0.29) is 0 Å². The molecule has 1 N–H and O–H groups in total. The minimum Gasteiger partial charge on any atom is -0.331 e. The first kappa shape index (κ1) is 16.2. The number of hydrogen-bond acceptors (Lipinski definition) is 2. The Morgan fingerprint density at radius 2 is 1.52 bits per heavy atom. The minimum atomic E-state index is 0.605. The highest BCUT2D eigenvalue weighted by Crippen LogP contribution is 2.35. The average Bonchev–Trinajstić information content (AvgIpc) is 3.12. The lowest BCUT2D eigenvalue weighted by molar-refractivity contribution is 1.09. The van der Waals surface area contributed by atoms with Crippen LogP contribution >= 0.6 is 23.8 Å². The standard InChI is InChI=1S/C22H14ClN3S/c23-16-11-12-18-17(13-16)21-25-19(14-7-3-1-4-8-14)20(26(21)22(27)24-18)15-9-5-2-6-10-15/h1-13H,(H,24,27). The van der Waals surface area contributed by atoms with Gasteiger partial charge in [-0.3, -0.25) is 4.40 Å². The van der Waals surface area contributed by atoms with E-state index in [2.05, 4.69) is 29.2 Å². The van der Waals surface area contributed by atoms with Crippen molar-refractivity contribution in [2.75, 3.05) is 0 Å². The van der Waals surface area contributed by atoms with Crippen LogP contribution in [0.4, 0.5) is 0 Å². The van der Waals surface area contributed by atoms with E-state index in [1.807, 2.05) is 59.0 Å². The van der Waals surface area contributed by atoms with Gasteiger partial charge in [-0.2, -0.15) is 0 Å². The predicted octanol–water partition coefficient (Wildman–Crippen LogP) is 6.53. The number of imidazole rings is 1. The number of rotatable bonds is 2. The maximum absolute atomic E-state index is 6.26. The molecule has 0 saturated heterocycles. The van der Waals surface area contributed by atoms with Crippen molar-refractivity contribution in [1.82, 2.24) is 14.4 Å². The van der Waals surface area contributed by atoms with Gasteiger partial charge in [0.05, 0.1) is 16.9 Å². The molecule has 0 fully saturated rings. The largest absolute Gasteiger partial charge is 0.331 e. The summed E-state index contributed by atoms with van der Waals surface area (Å²) < 4.78 is 2.61. The number of nitrogens with one attached hydrogen (secondary N) is 1. The van der Waals surface area contributed by atoms with Gasteiger partial charge in [-0.25, -0.2) is 4.98 Å². The van der Waals surface area contributed by atoms with Crippen LogP contribution in [0.15, 0.2) is 78.9 Å². The van der Waals surface area contributed by atoms with Crippen molar-refractivity contribution in [3.63, 3.8) is 0 Å². The summed E-state index contributed by atoms with van der Waals surface area (Å²) in [4.78, 5) is 8.32. The fourth-order valence-electron chi connectivity index (χ4n) is 3.44. The second-order valence-electron chi connectivity index (χ2n) is 6.32. The number of aromatic nitrogens is 3. The van der Waals surface area contributed by atoms with Crippen LogP contribution in [0.2, 0.25) is 5.02 Å².